The predicted molar refractivity (Wildman–Crippen MR) is 85.4 cm³/mol. The van der Waals surface area contributed by atoms with Crippen LogP contribution in [0.25, 0.3) is 0 Å². The zero-order valence-corrected chi connectivity index (χ0v) is 13.1. The number of amides is 2. The second kappa shape index (κ2) is 7.41. The van der Waals surface area contributed by atoms with Crippen molar-refractivity contribution < 1.29 is 14.3 Å². The molecule has 0 unspecified atom stereocenters. The van der Waals surface area contributed by atoms with Crippen LogP contribution in [0, 0.1) is 0 Å². The molecule has 0 saturated carbocycles. The van der Waals surface area contributed by atoms with E-state index < -0.39 is 6.04 Å². The minimum absolute atomic E-state index is 0.103. The van der Waals surface area contributed by atoms with Gasteiger partial charge in [0.15, 0.2) is 0 Å². The van der Waals surface area contributed by atoms with Gasteiger partial charge in [-0.05, 0) is 31.4 Å². The van der Waals surface area contributed by atoms with E-state index in [2.05, 4.69) is 20.5 Å². The molecule has 2 aliphatic rings. The van der Waals surface area contributed by atoms with Crippen molar-refractivity contribution in [2.24, 2.45) is 0 Å². The number of hydrogen-bond donors (Lipinski definition) is 2. The van der Waals surface area contributed by atoms with Gasteiger partial charge < -0.3 is 20.3 Å². The molecule has 124 valence electrons. The molecule has 3 heterocycles. The van der Waals surface area contributed by atoms with Crippen LogP contribution in [0.4, 0.5) is 5.82 Å². The highest BCUT2D eigenvalue weighted by Crippen LogP contribution is 2.13. The third-order valence-electron chi connectivity index (χ3n) is 4.19. The number of carbonyl (C=O) groups excluding carboxylic acids is 2. The van der Waals surface area contributed by atoms with Gasteiger partial charge in [-0.1, -0.05) is 0 Å². The second-order valence-corrected chi connectivity index (χ2v) is 5.82. The molecule has 1 aromatic heterocycles. The van der Waals surface area contributed by atoms with Crippen LogP contribution >= 0.6 is 0 Å². The molecule has 7 nitrogen and oxygen atoms in total. The Morgan fingerprint density at radius 2 is 2.13 bits per heavy atom. The van der Waals surface area contributed by atoms with Crippen LogP contribution in [0.2, 0.25) is 0 Å². The molecule has 2 N–H and O–H groups in total. The second-order valence-electron chi connectivity index (χ2n) is 5.82. The first kappa shape index (κ1) is 15.7. The summed E-state index contributed by atoms with van der Waals surface area (Å²) in [6, 6.07) is 3.14. The smallest absolute Gasteiger partial charge is 0.253 e. The standard InChI is InChI=1S/C16H22N4O3/c21-15(19-13-3-1-2-6-17-16(13)22)12-4-5-14(18-11-12)20-7-9-23-10-8-20/h4-5,11,13H,1-3,6-10H2,(H,17,22)(H,19,21)/t13-/m1/s1. The maximum absolute atomic E-state index is 12.3. The Bertz CT molecular complexity index is 555. The molecule has 7 heteroatoms. The molecular weight excluding hydrogens is 296 g/mol. The summed E-state index contributed by atoms with van der Waals surface area (Å²) in [5.74, 6) is 0.485. The number of anilines is 1. The minimum Gasteiger partial charge on any atom is -0.378 e. The van der Waals surface area contributed by atoms with Crippen LogP contribution in [0.3, 0.4) is 0 Å². The van der Waals surface area contributed by atoms with E-state index >= 15 is 0 Å². The van der Waals surface area contributed by atoms with Crippen molar-refractivity contribution in [1.29, 1.82) is 0 Å². The number of nitrogens with one attached hydrogen (secondary N) is 2. The van der Waals surface area contributed by atoms with Crippen LogP contribution in [0.5, 0.6) is 0 Å². The first-order valence-corrected chi connectivity index (χ1v) is 8.11. The van der Waals surface area contributed by atoms with E-state index in [4.69, 9.17) is 4.74 Å². The first-order chi connectivity index (χ1) is 11.2. The summed E-state index contributed by atoms with van der Waals surface area (Å²) in [7, 11) is 0. The average molecular weight is 318 g/mol. The van der Waals surface area contributed by atoms with E-state index in [1.54, 1.807) is 12.3 Å². The summed E-state index contributed by atoms with van der Waals surface area (Å²) in [5, 5.41) is 5.62. The Morgan fingerprint density at radius 3 is 2.87 bits per heavy atom. The molecule has 0 bridgehead atoms. The Balaban J connectivity index is 1.61. The summed E-state index contributed by atoms with van der Waals surface area (Å²) in [6.45, 7) is 3.68. The van der Waals surface area contributed by atoms with E-state index in [9.17, 15) is 9.59 Å². The van der Waals surface area contributed by atoms with Gasteiger partial charge >= 0.3 is 0 Å². The molecule has 1 aromatic rings. The Hall–Kier alpha value is -2.15. The molecule has 2 fully saturated rings. The summed E-state index contributed by atoms with van der Waals surface area (Å²) in [6.07, 6.45) is 4.12. The van der Waals surface area contributed by atoms with Gasteiger partial charge in [0.25, 0.3) is 5.91 Å². The highest BCUT2D eigenvalue weighted by Gasteiger charge is 2.23. The highest BCUT2D eigenvalue weighted by molar-refractivity contribution is 5.97. The molecule has 3 rings (SSSR count). The number of hydrogen-bond acceptors (Lipinski definition) is 5. The van der Waals surface area contributed by atoms with E-state index in [-0.39, 0.29) is 11.8 Å². The van der Waals surface area contributed by atoms with Crippen molar-refractivity contribution in [2.45, 2.75) is 25.3 Å². The lowest BCUT2D eigenvalue weighted by Crippen LogP contribution is -2.45. The number of rotatable bonds is 3. The largest absolute Gasteiger partial charge is 0.378 e. The lowest BCUT2D eigenvalue weighted by Gasteiger charge is -2.27. The van der Waals surface area contributed by atoms with E-state index in [1.165, 1.54) is 0 Å². The van der Waals surface area contributed by atoms with Crippen molar-refractivity contribution in [2.75, 3.05) is 37.7 Å². The fraction of sp³-hybridized carbons (Fsp3) is 0.562. The molecule has 23 heavy (non-hydrogen) atoms. The van der Waals surface area contributed by atoms with Crippen molar-refractivity contribution >= 4 is 17.6 Å². The van der Waals surface area contributed by atoms with Gasteiger partial charge in [-0.2, -0.15) is 0 Å². The first-order valence-electron chi connectivity index (χ1n) is 8.11. The fourth-order valence-electron chi connectivity index (χ4n) is 2.82. The Labute approximate surface area is 135 Å². The normalized spacial score (nSPS) is 22.2. The molecule has 0 aromatic carbocycles. The number of pyridine rings is 1. The Kier molecular flexibility index (Phi) is 5.07. The number of nitrogens with zero attached hydrogens (tertiary/aromatic N) is 2. The van der Waals surface area contributed by atoms with E-state index in [0.717, 1.165) is 31.7 Å². The highest BCUT2D eigenvalue weighted by atomic mass is 16.5. The lowest BCUT2D eigenvalue weighted by atomic mass is 10.1. The quantitative estimate of drug-likeness (QED) is 0.838. The van der Waals surface area contributed by atoms with Crippen molar-refractivity contribution in [1.82, 2.24) is 15.6 Å². The summed E-state index contributed by atoms with van der Waals surface area (Å²) in [5.41, 5.74) is 0.471. The van der Waals surface area contributed by atoms with Crippen molar-refractivity contribution in [3.05, 3.63) is 23.9 Å². The van der Waals surface area contributed by atoms with Gasteiger partial charge in [-0.3, -0.25) is 9.59 Å². The zero-order chi connectivity index (χ0) is 16.1. The van der Waals surface area contributed by atoms with Crippen LogP contribution in [0.15, 0.2) is 18.3 Å². The van der Waals surface area contributed by atoms with Gasteiger partial charge in [0.1, 0.15) is 11.9 Å². The number of morpholine rings is 1. The minimum atomic E-state index is -0.455. The number of carbonyl (C=O) groups is 2. The number of ether oxygens (including phenoxy) is 1. The molecule has 2 amide bonds. The van der Waals surface area contributed by atoms with Crippen LogP contribution in [0.1, 0.15) is 29.6 Å². The number of aromatic nitrogens is 1. The molecule has 0 radical (unpaired) electrons. The fourth-order valence-corrected chi connectivity index (χ4v) is 2.82. The maximum Gasteiger partial charge on any atom is 0.253 e. The van der Waals surface area contributed by atoms with Crippen LogP contribution in [-0.4, -0.2) is 55.7 Å². The van der Waals surface area contributed by atoms with Gasteiger partial charge in [-0.15, -0.1) is 0 Å². The lowest BCUT2D eigenvalue weighted by molar-refractivity contribution is -0.122. The maximum atomic E-state index is 12.3. The average Bonchev–Trinajstić information content (AvgIpc) is 2.80. The van der Waals surface area contributed by atoms with Gasteiger partial charge in [0.2, 0.25) is 5.91 Å². The third kappa shape index (κ3) is 3.98. The van der Waals surface area contributed by atoms with Gasteiger partial charge in [0.05, 0.1) is 18.8 Å². The van der Waals surface area contributed by atoms with Crippen molar-refractivity contribution in [3.8, 4) is 0 Å². The molecule has 0 spiro atoms. The van der Waals surface area contributed by atoms with Crippen molar-refractivity contribution in [3.63, 3.8) is 0 Å². The van der Waals surface area contributed by atoms with Crippen LogP contribution in [-0.2, 0) is 9.53 Å². The zero-order valence-electron chi connectivity index (χ0n) is 13.1. The molecule has 1 atom stereocenters. The summed E-state index contributed by atoms with van der Waals surface area (Å²) in [4.78, 5) is 30.7. The topological polar surface area (TPSA) is 83.6 Å². The van der Waals surface area contributed by atoms with E-state index in [0.29, 0.717) is 31.7 Å². The molecule has 2 aliphatic heterocycles. The molecule has 2 saturated heterocycles. The van der Waals surface area contributed by atoms with Gasteiger partial charge in [0, 0.05) is 25.8 Å². The van der Waals surface area contributed by atoms with Gasteiger partial charge in [-0.25, -0.2) is 4.98 Å². The molecule has 0 aliphatic carbocycles. The van der Waals surface area contributed by atoms with Crippen LogP contribution < -0.4 is 15.5 Å². The predicted octanol–water partition coefficient (Wildman–Crippen LogP) is 0.317. The molecular formula is C16H22N4O3. The third-order valence-corrected chi connectivity index (χ3v) is 4.19. The Morgan fingerprint density at radius 1 is 1.30 bits per heavy atom. The monoisotopic (exact) mass is 318 g/mol. The summed E-state index contributed by atoms with van der Waals surface area (Å²) < 4.78 is 5.32. The SMILES string of the molecule is O=C(N[C@@H]1CCCCNC1=O)c1ccc(N2CCOCC2)nc1. The summed E-state index contributed by atoms with van der Waals surface area (Å²) >= 11 is 0. The van der Waals surface area contributed by atoms with E-state index in [1.807, 2.05) is 6.07 Å².